The number of benzene rings is 1. The van der Waals surface area contributed by atoms with E-state index >= 15 is 0 Å². The zero-order valence-electron chi connectivity index (χ0n) is 13.6. The van der Waals surface area contributed by atoms with Gasteiger partial charge in [0.2, 0.25) is 0 Å². The molecule has 2 unspecified atom stereocenters. The average molecular weight is 322 g/mol. The Labute approximate surface area is 138 Å². The van der Waals surface area contributed by atoms with Crippen LogP contribution in [0.2, 0.25) is 6.32 Å². The van der Waals surface area contributed by atoms with Gasteiger partial charge in [-0.2, -0.15) is 0 Å². The van der Waals surface area contributed by atoms with Gasteiger partial charge in [0.25, 0.3) is 0 Å². The van der Waals surface area contributed by atoms with Crippen molar-refractivity contribution >= 4 is 13.1 Å². The van der Waals surface area contributed by atoms with E-state index in [9.17, 15) is 9.90 Å². The molecule has 1 heterocycles. The van der Waals surface area contributed by atoms with E-state index < -0.39 is 13.1 Å². The van der Waals surface area contributed by atoms with Gasteiger partial charge >= 0.3 is 13.1 Å². The van der Waals surface area contributed by atoms with Crippen LogP contribution in [0.3, 0.4) is 0 Å². The van der Waals surface area contributed by atoms with Gasteiger partial charge in [-0.05, 0) is 31.3 Å². The number of nitrogens with two attached hydrogens (primary N) is 1. The molecule has 128 valence electrons. The minimum Gasteiger partial charge on any atom is -0.481 e. The van der Waals surface area contributed by atoms with Crippen molar-refractivity contribution in [1.29, 1.82) is 0 Å². The Morgan fingerprint density at radius 2 is 1.91 bits per heavy atom. The average Bonchev–Trinajstić information content (AvgIpc) is 2.93. The summed E-state index contributed by atoms with van der Waals surface area (Å²) in [4.78, 5) is 13.6. The van der Waals surface area contributed by atoms with Crippen LogP contribution in [0.15, 0.2) is 30.3 Å². The lowest BCUT2D eigenvalue weighted by Crippen LogP contribution is -2.23. The number of likely N-dealkylation sites (tertiary alicyclic amines) is 1. The summed E-state index contributed by atoms with van der Waals surface area (Å²) in [5.74, 6) is -1.02. The van der Waals surface area contributed by atoms with Gasteiger partial charge in [-0.1, -0.05) is 36.8 Å². The van der Waals surface area contributed by atoms with Crippen LogP contribution in [-0.4, -0.2) is 53.3 Å². The molecule has 23 heavy (non-hydrogen) atoms. The second-order valence-corrected chi connectivity index (χ2v) is 5.80. The predicted octanol–water partition coefficient (Wildman–Crippen LogP) is 0.647. The molecule has 5 N–H and O–H groups in total. The van der Waals surface area contributed by atoms with Gasteiger partial charge in [-0.15, -0.1) is 0 Å². The van der Waals surface area contributed by atoms with E-state index in [0.29, 0.717) is 19.3 Å². The minimum atomic E-state index is -1.30. The summed E-state index contributed by atoms with van der Waals surface area (Å²) in [6.07, 6.45) is 1.67. The molecule has 1 aliphatic heterocycles. The smallest absolute Gasteiger partial charge is 0.451 e. The van der Waals surface area contributed by atoms with Crippen molar-refractivity contribution in [2.45, 2.75) is 25.7 Å². The Hall–Kier alpha value is -1.41. The summed E-state index contributed by atoms with van der Waals surface area (Å²) < 4.78 is 0. The van der Waals surface area contributed by atoms with Crippen molar-refractivity contribution in [2.75, 3.05) is 20.1 Å². The molecule has 0 spiro atoms. The second-order valence-electron chi connectivity index (χ2n) is 5.80. The van der Waals surface area contributed by atoms with Crippen molar-refractivity contribution in [3.63, 3.8) is 0 Å². The van der Waals surface area contributed by atoms with E-state index in [1.165, 1.54) is 12.6 Å². The Morgan fingerprint density at radius 1 is 1.26 bits per heavy atom. The molecular weight excluding hydrogens is 295 g/mol. The standard InChI is InChI=1S/C15H22BNO4.CH5N/c18-15(19)14-11-17(9-12-5-2-1-3-6-12)10-13(14)7-4-8-16(20)21;1-2/h1-3,5-6,13-14,20-21H,4,7-11H2,(H,18,19);2H2,1H3. The van der Waals surface area contributed by atoms with Gasteiger partial charge in [0, 0.05) is 19.6 Å². The molecule has 2 atom stereocenters. The maximum Gasteiger partial charge on any atom is 0.451 e. The Kier molecular flexibility index (Phi) is 8.87. The lowest BCUT2D eigenvalue weighted by molar-refractivity contribution is -0.142. The highest BCUT2D eigenvalue weighted by molar-refractivity contribution is 6.40. The van der Waals surface area contributed by atoms with Gasteiger partial charge in [0.05, 0.1) is 5.92 Å². The molecule has 0 aromatic heterocycles. The normalized spacial score (nSPS) is 20.7. The molecule has 0 radical (unpaired) electrons. The first-order chi connectivity index (χ1) is 11.1. The molecule has 2 rings (SSSR count). The largest absolute Gasteiger partial charge is 0.481 e. The summed E-state index contributed by atoms with van der Waals surface area (Å²) in [6, 6.07) is 10.0. The van der Waals surface area contributed by atoms with Crippen LogP contribution < -0.4 is 5.73 Å². The minimum absolute atomic E-state index is 0.0879. The molecular formula is C16H27BN2O4. The fraction of sp³-hybridized carbons (Fsp3) is 0.562. The molecule has 1 aromatic rings. The van der Waals surface area contributed by atoms with Crippen molar-refractivity contribution < 1.29 is 19.9 Å². The summed E-state index contributed by atoms with van der Waals surface area (Å²) in [5.41, 5.74) is 5.69. The summed E-state index contributed by atoms with van der Waals surface area (Å²) in [7, 11) is 0.204. The Bertz CT molecular complexity index is 459. The summed E-state index contributed by atoms with van der Waals surface area (Å²) >= 11 is 0. The molecule has 0 saturated carbocycles. The lowest BCUT2D eigenvalue weighted by Gasteiger charge is -2.15. The fourth-order valence-electron chi connectivity index (χ4n) is 3.07. The van der Waals surface area contributed by atoms with Gasteiger partial charge in [-0.3, -0.25) is 9.69 Å². The van der Waals surface area contributed by atoms with E-state index in [-0.39, 0.29) is 11.8 Å². The molecule has 0 aliphatic carbocycles. The number of carboxylic acid groups (broad SMARTS) is 1. The Balaban J connectivity index is 0.00000127. The van der Waals surface area contributed by atoms with Gasteiger partial charge in [-0.25, -0.2) is 0 Å². The van der Waals surface area contributed by atoms with Crippen LogP contribution in [-0.2, 0) is 11.3 Å². The third kappa shape index (κ3) is 6.70. The number of carbonyl (C=O) groups is 1. The first-order valence-electron chi connectivity index (χ1n) is 7.99. The quantitative estimate of drug-likeness (QED) is 0.549. The van der Waals surface area contributed by atoms with E-state index in [4.69, 9.17) is 10.0 Å². The third-order valence-electron chi connectivity index (χ3n) is 4.12. The fourth-order valence-corrected chi connectivity index (χ4v) is 3.07. The number of rotatable bonds is 7. The van der Waals surface area contributed by atoms with Crippen LogP contribution in [0.5, 0.6) is 0 Å². The number of nitrogens with zero attached hydrogens (tertiary/aromatic N) is 1. The van der Waals surface area contributed by atoms with E-state index in [0.717, 1.165) is 19.5 Å². The van der Waals surface area contributed by atoms with Crippen LogP contribution in [0.4, 0.5) is 0 Å². The number of hydrogen-bond donors (Lipinski definition) is 4. The monoisotopic (exact) mass is 322 g/mol. The van der Waals surface area contributed by atoms with Crippen LogP contribution in [0.25, 0.3) is 0 Å². The molecule has 7 heteroatoms. The van der Waals surface area contributed by atoms with Crippen molar-refractivity contribution in [2.24, 2.45) is 17.6 Å². The van der Waals surface area contributed by atoms with E-state index in [1.807, 2.05) is 30.3 Å². The maximum atomic E-state index is 11.4. The molecule has 1 aromatic carbocycles. The highest BCUT2D eigenvalue weighted by Crippen LogP contribution is 2.29. The predicted molar refractivity (Wildman–Crippen MR) is 90.7 cm³/mol. The maximum absolute atomic E-state index is 11.4. The number of hydrogen-bond acceptors (Lipinski definition) is 5. The van der Waals surface area contributed by atoms with Crippen molar-refractivity contribution in [1.82, 2.24) is 4.90 Å². The molecule has 0 amide bonds. The zero-order chi connectivity index (χ0) is 17.2. The van der Waals surface area contributed by atoms with Crippen LogP contribution in [0, 0.1) is 11.8 Å². The molecule has 1 aliphatic rings. The van der Waals surface area contributed by atoms with Crippen molar-refractivity contribution in [3.8, 4) is 0 Å². The molecule has 0 bridgehead atoms. The number of aliphatic carboxylic acids is 1. The summed E-state index contributed by atoms with van der Waals surface area (Å²) in [6.45, 7) is 2.09. The lowest BCUT2D eigenvalue weighted by atomic mass is 9.80. The van der Waals surface area contributed by atoms with Gasteiger partial charge in [0.1, 0.15) is 0 Å². The highest BCUT2D eigenvalue weighted by atomic mass is 16.4. The SMILES string of the molecule is CN.O=C(O)C1CN(Cc2ccccc2)CC1CCCB(O)O. The van der Waals surface area contributed by atoms with Crippen LogP contribution >= 0.6 is 0 Å². The first kappa shape index (κ1) is 19.6. The molecule has 1 saturated heterocycles. The highest BCUT2D eigenvalue weighted by Gasteiger charge is 2.37. The second kappa shape index (κ2) is 10.4. The van der Waals surface area contributed by atoms with Gasteiger partial charge < -0.3 is 20.9 Å². The molecule has 6 nitrogen and oxygen atoms in total. The van der Waals surface area contributed by atoms with E-state index in [2.05, 4.69) is 10.6 Å². The first-order valence-corrected chi connectivity index (χ1v) is 7.99. The summed E-state index contributed by atoms with van der Waals surface area (Å²) in [5, 5.41) is 27.1. The number of carboxylic acids is 1. The van der Waals surface area contributed by atoms with Gasteiger partial charge in [0.15, 0.2) is 0 Å². The van der Waals surface area contributed by atoms with E-state index in [1.54, 1.807) is 0 Å². The van der Waals surface area contributed by atoms with Crippen LogP contribution in [0.1, 0.15) is 18.4 Å². The van der Waals surface area contributed by atoms with Crippen molar-refractivity contribution in [3.05, 3.63) is 35.9 Å². The topological polar surface area (TPSA) is 107 Å². The molecule has 1 fully saturated rings. The Morgan fingerprint density at radius 3 is 2.48 bits per heavy atom. The third-order valence-corrected chi connectivity index (χ3v) is 4.12. The zero-order valence-corrected chi connectivity index (χ0v) is 13.6.